The molecule has 1 heterocycles. The van der Waals surface area contributed by atoms with Gasteiger partial charge in [0, 0.05) is 22.7 Å². The maximum Gasteiger partial charge on any atom is 0.252 e. The van der Waals surface area contributed by atoms with Crippen molar-refractivity contribution in [1.29, 1.82) is 0 Å². The second-order valence-electron chi connectivity index (χ2n) is 4.56. The van der Waals surface area contributed by atoms with Gasteiger partial charge in [-0.15, -0.1) is 0 Å². The van der Waals surface area contributed by atoms with E-state index in [-0.39, 0.29) is 17.1 Å². The molecular weight excluding hydrogens is 268 g/mol. The minimum atomic E-state index is -0.286. The Bertz CT molecular complexity index is 805. The summed E-state index contributed by atoms with van der Waals surface area (Å²) in [4.78, 5) is 13.5. The number of aromatic nitrogens is 1. The van der Waals surface area contributed by atoms with E-state index in [1.807, 2.05) is 0 Å². The largest absolute Gasteiger partial charge is 0.508 e. The first kappa shape index (κ1) is 14.5. The molecule has 5 N–H and O–H groups in total. The monoisotopic (exact) mass is 284 g/mol. The van der Waals surface area contributed by atoms with E-state index in [2.05, 4.69) is 4.98 Å². The molecule has 1 aromatic heterocycles. The zero-order chi connectivity index (χ0) is 15.4. The van der Waals surface area contributed by atoms with Gasteiger partial charge in [-0.1, -0.05) is 18.2 Å². The number of fused-ring (bicyclic) bond motifs is 1. The minimum absolute atomic E-state index is 0.0225. The number of anilines is 1. The Balaban J connectivity index is 0.000000161. The van der Waals surface area contributed by atoms with Gasteiger partial charge in [0.25, 0.3) is 5.56 Å². The average Bonchev–Trinajstić information content (AvgIpc) is 2.45. The van der Waals surface area contributed by atoms with Crippen LogP contribution in [0.5, 0.6) is 11.5 Å². The molecule has 0 amide bonds. The molecule has 5 nitrogen and oxygen atoms in total. The zero-order valence-electron chi connectivity index (χ0n) is 11.5. The number of nitrogen functional groups attached to an aromatic ring is 1. The minimum Gasteiger partial charge on any atom is -0.508 e. The number of para-hydroxylation sites is 1. The number of phenols is 1. The lowest BCUT2D eigenvalue weighted by atomic mass is 10.2. The molecule has 5 heteroatoms. The second-order valence-corrected chi connectivity index (χ2v) is 4.56. The average molecular weight is 284 g/mol. The highest BCUT2D eigenvalue weighted by atomic mass is 16.3. The van der Waals surface area contributed by atoms with Gasteiger partial charge in [-0.3, -0.25) is 4.79 Å². The van der Waals surface area contributed by atoms with Gasteiger partial charge in [0.05, 0.1) is 5.52 Å². The number of hydrogen-bond acceptors (Lipinski definition) is 4. The summed E-state index contributed by atoms with van der Waals surface area (Å²) < 4.78 is 0. The number of rotatable bonds is 0. The number of nitrogens with one attached hydrogen (secondary N) is 1. The fraction of sp³-hybridized carbons (Fsp3) is 0.0625. The molecule has 0 atom stereocenters. The Morgan fingerprint density at radius 2 is 1.71 bits per heavy atom. The fourth-order valence-electron chi connectivity index (χ4n) is 1.83. The molecule has 108 valence electrons. The van der Waals surface area contributed by atoms with Crippen LogP contribution < -0.4 is 11.3 Å². The van der Waals surface area contributed by atoms with Crippen molar-refractivity contribution in [2.75, 3.05) is 5.73 Å². The van der Waals surface area contributed by atoms with E-state index in [1.165, 1.54) is 6.07 Å². The second kappa shape index (κ2) is 6.00. The number of aromatic amines is 1. The van der Waals surface area contributed by atoms with Crippen LogP contribution in [0.25, 0.3) is 10.9 Å². The van der Waals surface area contributed by atoms with E-state index in [4.69, 9.17) is 10.8 Å². The Morgan fingerprint density at radius 1 is 1.00 bits per heavy atom. The highest BCUT2D eigenvalue weighted by molar-refractivity contribution is 5.84. The van der Waals surface area contributed by atoms with Gasteiger partial charge >= 0.3 is 0 Å². The molecule has 0 saturated carbocycles. The predicted octanol–water partition coefficient (Wildman–Crippen LogP) is 2.52. The third-order valence-corrected chi connectivity index (χ3v) is 3.08. The summed E-state index contributed by atoms with van der Waals surface area (Å²) in [6.45, 7) is 1.78. The van der Waals surface area contributed by atoms with Gasteiger partial charge in [0.15, 0.2) is 0 Å². The first-order valence-corrected chi connectivity index (χ1v) is 6.34. The molecule has 0 fully saturated rings. The van der Waals surface area contributed by atoms with Gasteiger partial charge < -0.3 is 20.9 Å². The van der Waals surface area contributed by atoms with Gasteiger partial charge in [0.2, 0.25) is 0 Å². The van der Waals surface area contributed by atoms with Crippen LogP contribution in [0, 0.1) is 6.92 Å². The van der Waals surface area contributed by atoms with Crippen molar-refractivity contribution in [3.05, 3.63) is 64.4 Å². The summed E-state index contributed by atoms with van der Waals surface area (Å²) in [6, 6.07) is 13.4. The number of aromatic hydroxyl groups is 2. The molecule has 0 radical (unpaired) electrons. The molecule has 21 heavy (non-hydrogen) atoms. The quantitative estimate of drug-likeness (QED) is 0.477. The molecule has 0 spiro atoms. The molecular formula is C16H16N2O3. The molecule has 2 aromatic carbocycles. The summed E-state index contributed by atoms with van der Waals surface area (Å²) in [5.41, 5.74) is 7.21. The number of hydrogen-bond donors (Lipinski definition) is 4. The predicted molar refractivity (Wildman–Crippen MR) is 83.5 cm³/mol. The van der Waals surface area contributed by atoms with E-state index in [0.717, 1.165) is 5.56 Å². The number of nitrogens with two attached hydrogens (primary N) is 1. The first-order chi connectivity index (χ1) is 9.99. The smallest absolute Gasteiger partial charge is 0.252 e. The van der Waals surface area contributed by atoms with Crippen molar-refractivity contribution in [2.45, 2.75) is 6.92 Å². The number of H-pyrrole nitrogens is 1. The third kappa shape index (κ3) is 3.33. The Hall–Kier alpha value is -2.95. The molecule has 0 saturated heterocycles. The fourth-order valence-corrected chi connectivity index (χ4v) is 1.83. The van der Waals surface area contributed by atoms with Gasteiger partial charge in [0.1, 0.15) is 11.5 Å². The molecule has 0 aliphatic rings. The molecule has 3 aromatic rings. The molecule has 3 rings (SSSR count). The Morgan fingerprint density at radius 3 is 2.38 bits per heavy atom. The van der Waals surface area contributed by atoms with Crippen molar-refractivity contribution in [3.63, 3.8) is 0 Å². The van der Waals surface area contributed by atoms with Crippen LogP contribution in [0.2, 0.25) is 0 Å². The van der Waals surface area contributed by atoms with Gasteiger partial charge in [-0.05, 0) is 31.2 Å². The van der Waals surface area contributed by atoms with Gasteiger partial charge in [-0.2, -0.15) is 0 Å². The summed E-state index contributed by atoms with van der Waals surface area (Å²) in [7, 11) is 0. The normalized spacial score (nSPS) is 9.95. The summed E-state index contributed by atoms with van der Waals surface area (Å²) in [5, 5.41) is 19.0. The van der Waals surface area contributed by atoms with Crippen LogP contribution in [0.15, 0.2) is 53.3 Å². The van der Waals surface area contributed by atoms with Crippen molar-refractivity contribution in [1.82, 2.24) is 4.98 Å². The van der Waals surface area contributed by atoms with Gasteiger partial charge in [-0.25, -0.2) is 0 Å². The maximum absolute atomic E-state index is 10.9. The zero-order valence-corrected chi connectivity index (χ0v) is 11.5. The van der Waals surface area contributed by atoms with E-state index >= 15 is 0 Å². The van der Waals surface area contributed by atoms with Crippen LogP contribution in [-0.2, 0) is 0 Å². The van der Waals surface area contributed by atoms with Crippen molar-refractivity contribution < 1.29 is 10.2 Å². The van der Waals surface area contributed by atoms with E-state index in [1.54, 1.807) is 49.4 Å². The van der Waals surface area contributed by atoms with Crippen LogP contribution in [0.4, 0.5) is 5.69 Å². The molecule has 0 bridgehead atoms. The lowest BCUT2D eigenvalue weighted by Gasteiger charge is -1.99. The van der Waals surface area contributed by atoms with Crippen molar-refractivity contribution in [2.24, 2.45) is 0 Å². The van der Waals surface area contributed by atoms with Crippen molar-refractivity contribution >= 4 is 16.6 Å². The Labute approximate surface area is 121 Å². The SMILES string of the molecule is Cc1c(N)cccc1O.O=c1cc(O)c2ccccc2[nH]1. The van der Waals surface area contributed by atoms with E-state index in [9.17, 15) is 9.90 Å². The van der Waals surface area contributed by atoms with Crippen LogP contribution in [-0.4, -0.2) is 15.2 Å². The lowest BCUT2D eigenvalue weighted by Crippen LogP contribution is -2.02. The van der Waals surface area contributed by atoms with Crippen LogP contribution in [0.3, 0.4) is 0 Å². The Kier molecular flexibility index (Phi) is 4.13. The van der Waals surface area contributed by atoms with Crippen molar-refractivity contribution in [3.8, 4) is 11.5 Å². The highest BCUT2D eigenvalue weighted by Gasteiger charge is 1.98. The molecule has 0 aliphatic carbocycles. The summed E-state index contributed by atoms with van der Waals surface area (Å²) in [6.07, 6.45) is 0. The topological polar surface area (TPSA) is 99.3 Å². The molecule has 0 aliphatic heterocycles. The number of phenolic OH excluding ortho intramolecular Hbond substituents is 1. The van der Waals surface area contributed by atoms with E-state index in [0.29, 0.717) is 16.6 Å². The first-order valence-electron chi connectivity index (χ1n) is 6.34. The van der Waals surface area contributed by atoms with E-state index < -0.39 is 0 Å². The third-order valence-electron chi connectivity index (χ3n) is 3.08. The summed E-state index contributed by atoms with van der Waals surface area (Å²) in [5.74, 6) is 0.282. The lowest BCUT2D eigenvalue weighted by molar-refractivity contribution is 0.471. The van der Waals surface area contributed by atoms with Crippen LogP contribution in [0.1, 0.15) is 5.56 Å². The maximum atomic E-state index is 10.9. The standard InChI is InChI=1S/C9H7NO2.C7H9NO/c11-8-5-9(12)10-7-4-2-1-3-6(7)8;1-5-6(8)3-2-4-7(5)9/h1-5H,(H2,10,11,12);2-4,9H,8H2,1H3. The number of pyridine rings is 1. The summed E-state index contributed by atoms with van der Waals surface area (Å²) >= 11 is 0. The number of benzene rings is 2. The molecule has 0 unspecified atom stereocenters. The van der Waals surface area contributed by atoms with Crippen LogP contribution >= 0.6 is 0 Å². The highest BCUT2D eigenvalue weighted by Crippen LogP contribution is 2.20.